The standard InChI is InChI=1S/C23H27N5OS/c1-3-28-21(19-10-6-4-7-11-19)24-25-23(28)30-18(2)22(29)27-16-14-26(15-17-27)20-12-8-5-9-13-20/h4-13,18H,3,14-17H2,1-2H3/t18-/m0/s1. The zero-order valence-corrected chi connectivity index (χ0v) is 18.3. The molecule has 1 atom stereocenters. The molecule has 1 aromatic heterocycles. The van der Waals surface area contributed by atoms with Crippen molar-refractivity contribution in [2.45, 2.75) is 30.8 Å². The van der Waals surface area contributed by atoms with Crippen LogP contribution in [0.3, 0.4) is 0 Å². The van der Waals surface area contributed by atoms with E-state index in [0.717, 1.165) is 49.3 Å². The van der Waals surface area contributed by atoms with E-state index in [1.54, 1.807) is 0 Å². The summed E-state index contributed by atoms with van der Waals surface area (Å²) in [5.41, 5.74) is 2.26. The number of amides is 1. The van der Waals surface area contributed by atoms with Crippen molar-refractivity contribution < 1.29 is 4.79 Å². The van der Waals surface area contributed by atoms with E-state index in [0.29, 0.717) is 0 Å². The van der Waals surface area contributed by atoms with Crippen LogP contribution in [0.1, 0.15) is 13.8 Å². The molecule has 1 fully saturated rings. The summed E-state index contributed by atoms with van der Waals surface area (Å²) in [6.45, 7) is 8.01. The number of para-hydroxylation sites is 1. The highest BCUT2D eigenvalue weighted by Gasteiger charge is 2.27. The van der Waals surface area contributed by atoms with Crippen molar-refractivity contribution >= 4 is 23.4 Å². The van der Waals surface area contributed by atoms with Crippen molar-refractivity contribution in [1.82, 2.24) is 19.7 Å². The average molecular weight is 422 g/mol. The summed E-state index contributed by atoms with van der Waals surface area (Å²) >= 11 is 1.49. The Morgan fingerprint density at radius 2 is 1.60 bits per heavy atom. The molecule has 1 amide bonds. The highest BCUT2D eigenvalue weighted by Crippen LogP contribution is 2.28. The molecule has 2 aromatic carbocycles. The van der Waals surface area contributed by atoms with Gasteiger partial charge in [0.1, 0.15) is 0 Å². The number of nitrogens with zero attached hydrogens (tertiary/aromatic N) is 5. The highest BCUT2D eigenvalue weighted by atomic mass is 32.2. The fraction of sp³-hybridized carbons (Fsp3) is 0.348. The molecular weight excluding hydrogens is 394 g/mol. The first-order valence-electron chi connectivity index (χ1n) is 10.4. The Bertz CT molecular complexity index is 968. The fourth-order valence-corrected chi connectivity index (χ4v) is 4.75. The molecule has 2 heterocycles. The number of benzene rings is 2. The summed E-state index contributed by atoms with van der Waals surface area (Å²) < 4.78 is 2.08. The van der Waals surface area contributed by atoms with Crippen molar-refractivity contribution in [3.63, 3.8) is 0 Å². The molecule has 30 heavy (non-hydrogen) atoms. The highest BCUT2D eigenvalue weighted by molar-refractivity contribution is 8.00. The molecule has 1 aliphatic rings. The Labute approximate surface area is 181 Å². The lowest BCUT2D eigenvalue weighted by atomic mass is 10.2. The van der Waals surface area contributed by atoms with Gasteiger partial charge in [-0.2, -0.15) is 0 Å². The van der Waals surface area contributed by atoms with Gasteiger partial charge in [-0.15, -0.1) is 10.2 Å². The monoisotopic (exact) mass is 421 g/mol. The quantitative estimate of drug-likeness (QED) is 0.567. The van der Waals surface area contributed by atoms with Crippen LogP contribution in [0.5, 0.6) is 0 Å². The smallest absolute Gasteiger partial charge is 0.236 e. The minimum atomic E-state index is -0.202. The molecule has 6 nitrogen and oxygen atoms in total. The van der Waals surface area contributed by atoms with Gasteiger partial charge in [0.2, 0.25) is 5.91 Å². The van der Waals surface area contributed by atoms with Crippen LogP contribution >= 0.6 is 11.8 Å². The fourth-order valence-electron chi connectivity index (χ4n) is 3.75. The van der Waals surface area contributed by atoms with Gasteiger partial charge in [0.05, 0.1) is 5.25 Å². The third kappa shape index (κ3) is 4.36. The summed E-state index contributed by atoms with van der Waals surface area (Å²) in [6, 6.07) is 20.4. The maximum absolute atomic E-state index is 13.1. The normalized spacial score (nSPS) is 15.3. The van der Waals surface area contributed by atoms with Crippen LogP contribution in [0, 0.1) is 0 Å². The number of piperazine rings is 1. The van der Waals surface area contributed by atoms with Gasteiger partial charge in [0.25, 0.3) is 0 Å². The third-order valence-corrected chi connectivity index (χ3v) is 6.48. The predicted octanol–water partition coefficient (Wildman–Crippen LogP) is 3.79. The van der Waals surface area contributed by atoms with E-state index in [-0.39, 0.29) is 11.2 Å². The van der Waals surface area contributed by atoms with E-state index in [1.165, 1.54) is 17.4 Å². The lowest BCUT2D eigenvalue weighted by Gasteiger charge is -2.37. The van der Waals surface area contributed by atoms with Crippen molar-refractivity contribution in [1.29, 1.82) is 0 Å². The van der Waals surface area contributed by atoms with Gasteiger partial charge in [0.15, 0.2) is 11.0 Å². The number of hydrogen-bond donors (Lipinski definition) is 0. The number of anilines is 1. The molecule has 0 bridgehead atoms. The molecule has 156 valence electrons. The van der Waals surface area contributed by atoms with Gasteiger partial charge in [0, 0.05) is 44.0 Å². The van der Waals surface area contributed by atoms with E-state index in [2.05, 4.69) is 50.9 Å². The molecule has 1 aliphatic heterocycles. The zero-order valence-electron chi connectivity index (χ0n) is 17.4. The largest absolute Gasteiger partial charge is 0.368 e. The van der Waals surface area contributed by atoms with Gasteiger partial charge in [-0.1, -0.05) is 60.3 Å². The summed E-state index contributed by atoms with van der Waals surface area (Å²) in [5, 5.41) is 9.36. The van der Waals surface area contributed by atoms with E-state index < -0.39 is 0 Å². The molecule has 0 aliphatic carbocycles. The Balaban J connectivity index is 1.39. The Hall–Kier alpha value is -2.80. The lowest BCUT2D eigenvalue weighted by molar-refractivity contribution is -0.130. The van der Waals surface area contributed by atoms with Crippen LogP contribution in [0.4, 0.5) is 5.69 Å². The first-order chi connectivity index (χ1) is 14.7. The van der Waals surface area contributed by atoms with Crippen LogP contribution in [-0.4, -0.2) is 57.0 Å². The maximum atomic E-state index is 13.1. The van der Waals surface area contributed by atoms with Crippen molar-refractivity contribution in [2.24, 2.45) is 0 Å². The Kier molecular flexibility index (Phi) is 6.38. The summed E-state index contributed by atoms with van der Waals surface area (Å²) in [5.74, 6) is 1.01. The van der Waals surface area contributed by atoms with Crippen LogP contribution in [0.15, 0.2) is 65.8 Å². The first-order valence-corrected chi connectivity index (χ1v) is 11.3. The van der Waals surface area contributed by atoms with Crippen LogP contribution in [-0.2, 0) is 11.3 Å². The Morgan fingerprint density at radius 1 is 0.967 bits per heavy atom. The number of carbonyl (C=O) groups excluding carboxylic acids is 1. The molecule has 0 radical (unpaired) electrons. The molecule has 0 N–H and O–H groups in total. The molecule has 0 unspecified atom stereocenters. The number of hydrogen-bond acceptors (Lipinski definition) is 5. The SMILES string of the molecule is CCn1c(S[C@@H](C)C(=O)N2CCN(c3ccccc3)CC2)nnc1-c1ccccc1. The molecule has 7 heteroatoms. The summed E-state index contributed by atoms with van der Waals surface area (Å²) in [7, 11) is 0. The minimum absolute atomic E-state index is 0.166. The Morgan fingerprint density at radius 3 is 2.23 bits per heavy atom. The van der Waals surface area contributed by atoms with Crippen molar-refractivity contribution in [3.05, 3.63) is 60.7 Å². The minimum Gasteiger partial charge on any atom is -0.368 e. The first kappa shape index (κ1) is 20.5. The van der Waals surface area contributed by atoms with Gasteiger partial charge in [-0.3, -0.25) is 4.79 Å². The van der Waals surface area contributed by atoms with Gasteiger partial charge < -0.3 is 14.4 Å². The molecule has 3 aromatic rings. The van der Waals surface area contributed by atoms with Crippen molar-refractivity contribution in [3.8, 4) is 11.4 Å². The van der Waals surface area contributed by atoms with E-state index in [9.17, 15) is 4.79 Å². The predicted molar refractivity (Wildman–Crippen MR) is 122 cm³/mol. The molecule has 0 saturated carbocycles. The van der Waals surface area contributed by atoms with Gasteiger partial charge >= 0.3 is 0 Å². The topological polar surface area (TPSA) is 54.3 Å². The van der Waals surface area contributed by atoms with E-state index in [1.807, 2.05) is 48.2 Å². The summed E-state index contributed by atoms with van der Waals surface area (Å²) in [6.07, 6.45) is 0. The second kappa shape index (κ2) is 9.34. The third-order valence-electron chi connectivity index (χ3n) is 5.41. The maximum Gasteiger partial charge on any atom is 0.236 e. The molecule has 4 rings (SSSR count). The van der Waals surface area contributed by atoms with E-state index in [4.69, 9.17) is 0 Å². The van der Waals surface area contributed by atoms with Crippen LogP contribution in [0.2, 0.25) is 0 Å². The number of carbonyl (C=O) groups is 1. The van der Waals surface area contributed by atoms with Crippen LogP contribution in [0.25, 0.3) is 11.4 Å². The van der Waals surface area contributed by atoms with Gasteiger partial charge in [-0.05, 0) is 26.0 Å². The average Bonchev–Trinajstić information content (AvgIpc) is 3.22. The molecule has 0 spiro atoms. The second-order valence-electron chi connectivity index (χ2n) is 7.32. The second-order valence-corrected chi connectivity index (χ2v) is 8.63. The van der Waals surface area contributed by atoms with Gasteiger partial charge in [-0.25, -0.2) is 0 Å². The van der Waals surface area contributed by atoms with E-state index >= 15 is 0 Å². The van der Waals surface area contributed by atoms with Crippen molar-refractivity contribution in [2.75, 3.05) is 31.1 Å². The number of rotatable bonds is 6. The number of aromatic nitrogens is 3. The molecular formula is C23H27N5OS. The van der Waals surface area contributed by atoms with Crippen LogP contribution < -0.4 is 4.90 Å². The number of thioether (sulfide) groups is 1. The zero-order chi connectivity index (χ0) is 20.9. The molecule has 1 saturated heterocycles. The summed E-state index contributed by atoms with van der Waals surface area (Å²) in [4.78, 5) is 17.4. The lowest BCUT2D eigenvalue weighted by Crippen LogP contribution is -2.50.